The number of carbonyl (C=O) groups is 1. The summed E-state index contributed by atoms with van der Waals surface area (Å²) >= 11 is 0. The Morgan fingerprint density at radius 1 is 1.12 bits per heavy atom. The van der Waals surface area contributed by atoms with Crippen LogP contribution in [0.1, 0.15) is 39.2 Å². The first-order valence-electron chi connectivity index (χ1n) is 7.94. The smallest absolute Gasteiger partial charge is 0.252 e. The monoisotopic (exact) mass is 338 g/mol. The van der Waals surface area contributed by atoms with Crippen molar-refractivity contribution in [2.45, 2.75) is 19.9 Å². The summed E-state index contributed by atoms with van der Waals surface area (Å²) in [4.78, 5) is 12.7. The van der Waals surface area contributed by atoms with Crippen molar-refractivity contribution >= 4 is 5.91 Å². The predicted molar refractivity (Wildman–Crippen MR) is 92.6 cm³/mol. The first-order chi connectivity index (χ1) is 12.0. The largest absolute Gasteiger partial charge is 0.338 e. The average molecular weight is 338 g/mol. The van der Waals surface area contributed by atoms with Crippen LogP contribution in [-0.4, -0.2) is 20.7 Å². The molecule has 0 bridgehead atoms. The van der Waals surface area contributed by atoms with Crippen LogP contribution in [-0.2, 0) is 7.05 Å². The maximum absolute atomic E-state index is 13.6. The van der Waals surface area contributed by atoms with E-state index in [0.29, 0.717) is 11.4 Å². The highest BCUT2D eigenvalue weighted by molar-refractivity contribution is 5.94. The van der Waals surface area contributed by atoms with E-state index in [1.807, 2.05) is 48.9 Å². The van der Waals surface area contributed by atoms with E-state index >= 15 is 0 Å². The lowest BCUT2D eigenvalue weighted by Crippen LogP contribution is -2.31. The summed E-state index contributed by atoms with van der Waals surface area (Å²) in [6, 6.07) is 13.3. The minimum Gasteiger partial charge on any atom is -0.338 e. The molecule has 0 radical (unpaired) electrons. The molecular weight excluding hydrogens is 319 g/mol. The molecule has 5 nitrogen and oxygen atoms in total. The third kappa shape index (κ3) is 3.57. The lowest BCUT2D eigenvalue weighted by atomic mass is 10.0. The maximum atomic E-state index is 13.6. The van der Waals surface area contributed by atoms with Gasteiger partial charge in [-0.2, -0.15) is 0 Å². The van der Waals surface area contributed by atoms with Crippen molar-refractivity contribution in [2.75, 3.05) is 0 Å². The third-order valence-corrected chi connectivity index (χ3v) is 4.10. The summed E-state index contributed by atoms with van der Waals surface area (Å²) in [5, 5.41) is 11.2. The second-order valence-electron chi connectivity index (χ2n) is 6.00. The molecular formula is C19H19FN4O. The molecule has 0 unspecified atom stereocenters. The van der Waals surface area contributed by atoms with Crippen LogP contribution in [0.15, 0.2) is 48.5 Å². The molecule has 0 aliphatic rings. The molecule has 1 atom stereocenters. The van der Waals surface area contributed by atoms with Gasteiger partial charge in [0.1, 0.15) is 17.7 Å². The molecule has 1 heterocycles. The Labute approximate surface area is 145 Å². The van der Waals surface area contributed by atoms with Crippen LogP contribution < -0.4 is 5.32 Å². The molecule has 0 aliphatic carbocycles. The van der Waals surface area contributed by atoms with Gasteiger partial charge in [-0.3, -0.25) is 4.79 Å². The van der Waals surface area contributed by atoms with Crippen LogP contribution in [0, 0.1) is 19.7 Å². The first kappa shape index (κ1) is 16.8. The molecule has 128 valence electrons. The summed E-state index contributed by atoms with van der Waals surface area (Å²) in [6.07, 6.45) is 0. The van der Waals surface area contributed by atoms with E-state index in [2.05, 4.69) is 15.5 Å². The summed E-state index contributed by atoms with van der Waals surface area (Å²) in [6.45, 7) is 3.59. The number of nitrogens with one attached hydrogen (secondary N) is 1. The molecule has 3 rings (SSSR count). The fourth-order valence-electron chi connectivity index (χ4n) is 2.70. The Morgan fingerprint density at radius 3 is 2.44 bits per heavy atom. The van der Waals surface area contributed by atoms with Crippen LogP contribution >= 0.6 is 0 Å². The number of carbonyl (C=O) groups excluding carboxylic acids is 1. The van der Waals surface area contributed by atoms with Gasteiger partial charge in [0.25, 0.3) is 5.91 Å². The minimum atomic E-state index is -0.483. The van der Waals surface area contributed by atoms with Crippen LogP contribution in [0.3, 0.4) is 0 Å². The zero-order valence-electron chi connectivity index (χ0n) is 14.3. The number of amides is 1. The Morgan fingerprint density at radius 2 is 1.84 bits per heavy atom. The molecule has 0 aliphatic heterocycles. The van der Waals surface area contributed by atoms with Crippen molar-refractivity contribution in [2.24, 2.45) is 7.05 Å². The van der Waals surface area contributed by atoms with Crippen LogP contribution in [0.5, 0.6) is 0 Å². The molecule has 1 aromatic heterocycles. The third-order valence-electron chi connectivity index (χ3n) is 4.10. The molecule has 0 fully saturated rings. The quantitative estimate of drug-likeness (QED) is 0.795. The summed E-state index contributed by atoms with van der Waals surface area (Å²) in [7, 11) is 1.85. The topological polar surface area (TPSA) is 59.8 Å². The highest BCUT2D eigenvalue weighted by Gasteiger charge is 2.23. The number of rotatable bonds is 4. The van der Waals surface area contributed by atoms with Crippen molar-refractivity contribution in [3.63, 3.8) is 0 Å². The van der Waals surface area contributed by atoms with E-state index in [9.17, 15) is 9.18 Å². The Bertz CT molecular complexity index is 885. The van der Waals surface area contributed by atoms with E-state index < -0.39 is 11.9 Å². The number of benzene rings is 2. The SMILES string of the molecule is Cc1cc(F)cc(C(=O)N[C@H](c2ccccc2)c2nnc(C)n2C)c1. The maximum Gasteiger partial charge on any atom is 0.252 e. The Kier molecular flexibility index (Phi) is 4.61. The van der Waals surface area contributed by atoms with Gasteiger partial charge < -0.3 is 9.88 Å². The molecule has 0 saturated carbocycles. The van der Waals surface area contributed by atoms with Crippen molar-refractivity contribution in [3.8, 4) is 0 Å². The standard InChI is InChI=1S/C19H19FN4O/c1-12-9-15(11-16(20)10-12)19(25)21-17(14-7-5-4-6-8-14)18-23-22-13(2)24(18)3/h4-11,17H,1-3H3,(H,21,25)/t17-/m1/s1. The molecule has 1 N–H and O–H groups in total. The van der Waals surface area contributed by atoms with Gasteiger partial charge in [0, 0.05) is 12.6 Å². The summed E-state index contributed by atoms with van der Waals surface area (Å²) in [5.74, 6) is 0.560. The highest BCUT2D eigenvalue weighted by Crippen LogP contribution is 2.21. The number of hydrogen-bond donors (Lipinski definition) is 1. The zero-order valence-corrected chi connectivity index (χ0v) is 14.3. The molecule has 1 amide bonds. The van der Waals surface area contributed by atoms with Crippen LogP contribution in [0.25, 0.3) is 0 Å². The van der Waals surface area contributed by atoms with E-state index in [1.54, 1.807) is 13.0 Å². The molecule has 6 heteroatoms. The van der Waals surface area contributed by atoms with E-state index in [-0.39, 0.29) is 11.5 Å². The van der Waals surface area contributed by atoms with Gasteiger partial charge in [0.05, 0.1) is 0 Å². The van der Waals surface area contributed by atoms with Gasteiger partial charge in [0.2, 0.25) is 0 Å². The van der Waals surface area contributed by atoms with Crippen molar-refractivity contribution in [1.29, 1.82) is 0 Å². The van der Waals surface area contributed by atoms with Crippen molar-refractivity contribution < 1.29 is 9.18 Å². The summed E-state index contributed by atoms with van der Waals surface area (Å²) < 4.78 is 15.5. The zero-order chi connectivity index (χ0) is 18.0. The fourth-order valence-corrected chi connectivity index (χ4v) is 2.70. The van der Waals surface area contributed by atoms with Gasteiger partial charge in [-0.05, 0) is 43.2 Å². The number of aryl methyl sites for hydroxylation is 2. The number of hydrogen-bond acceptors (Lipinski definition) is 3. The van der Waals surface area contributed by atoms with E-state index in [1.165, 1.54) is 12.1 Å². The molecule has 25 heavy (non-hydrogen) atoms. The van der Waals surface area contributed by atoms with Gasteiger partial charge in [-0.1, -0.05) is 30.3 Å². The lowest BCUT2D eigenvalue weighted by molar-refractivity contribution is 0.0940. The first-order valence-corrected chi connectivity index (χ1v) is 7.94. The van der Waals surface area contributed by atoms with Gasteiger partial charge in [0.15, 0.2) is 5.82 Å². The van der Waals surface area contributed by atoms with Crippen LogP contribution in [0.4, 0.5) is 4.39 Å². The van der Waals surface area contributed by atoms with E-state index in [0.717, 1.165) is 11.4 Å². The predicted octanol–water partition coefficient (Wildman–Crippen LogP) is 3.09. The fraction of sp³-hybridized carbons (Fsp3) is 0.211. The van der Waals surface area contributed by atoms with Crippen LogP contribution in [0.2, 0.25) is 0 Å². The van der Waals surface area contributed by atoms with Crippen molar-refractivity contribution in [3.05, 3.63) is 82.7 Å². The molecule has 2 aromatic carbocycles. The minimum absolute atomic E-state index is 0.275. The number of nitrogens with zero attached hydrogens (tertiary/aromatic N) is 3. The number of halogens is 1. The van der Waals surface area contributed by atoms with Gasteiger partial charge >= 0.3 is 0 Å². The van der Waals surface area contributed by atoms with Crippen molar-refractivity contribution in [1.82, 2.24) is 20.1 Å². The molecule has 3 aromatic rings. The van der Waals surface area contributed by atoms with E-state index in [4.69, 9.17) is 0 Å². The second kappa shape index (κ2) is 6.84. The summed E-state index contributed by atoms with van der Waals surface area (Å²) in [5.41, 5.74) is 1.84. The Balaban J connectivity index is 1.98. The normalized spacial score (nSPS) is 12.0. The molecule has 0 saturated heterocycles. The van der Waals surface area contributed by atoms with Gasteiger partial charge in [-0.25, -0.2) is 4.39 Å². The Hall–Kier alpha value is -3.02. The van der Waals surface area contributed by atoms with Gasteiger partial charge in [-0.15, -0.1) is 10.2 Å². The average Bonchev–Trinajstić information content (AvgIpc) is 2.91. The lowest BCUT2D eigenvalue weighted by Gasteiger charge is -2.19. The number of aromatic nitrogens is 3. The molecule has 0 spiro atoms. The second-order valence-corrected chi connectivity index (χ2v) is 6.00. The highest BCUT2D eigenvalue weighted by atomic mass is 19.1.